The first kappa shape index (κ1) is 21.8. The molecule has 1 fully saturated rings. The molecule has 0 unspecified atom stereocenters. The summed E-state index contributed by atoms with van der Waals surface area (Å²) < 4.78 is 12.7. The van der Waals surface area contributed by atoms with E-state index < -0.39 is 12.2 Å². The van der Waals surface area contributed by atoms with Crippen LogP contribution in [0.1, 0.15) is 23.5 Å². The minimum atomic E-state index is -0.947. The zero-order valence-corrected chi connectivity index (χ0v) is 18.7. The van der Waals surface area contributed by atoms with Crippen LogP contribution in [0.15, 0.2) is 48.7 Å². The van der Waals surface area contributed by atoms with E-state index in [4.69, 9.17) is 26.2 Å². The Morgan fingerprint density at radius 2 is 2.09 bits per heavy atom. The molecular formula is C23H19ClN6O4. The molecule has 0 amide bonds. The summed E-state index contributed by atoms with van der Waals surface area (Å²) in [6.07, 6.45) is 1.27. The van der Waals surface area contributed by atoms with Gasteiger partial charge in [0.15, 0.2) is 11.4 Å². The van der Waals surface area contributed by atoms with Crippen LogP contribution in [0.25, 0.3) is 16.9 Å². The van der Waals surface area contributed by atoms with Gasteiger partial charge in [0.1, 0.15) is 42.9 Å². The molecule has 0 spiro atoms. The fraction of sp³-hybridized carbons (Fsp3) is 0.217. The van der Waals surface area contributed by atoms with Crippen molar-refractivity contribution in [1.29, 1.82) is 0 Å². The van der Waals surface area contributed by atoms with E-state index in [1.54, 1.807) is 17.1 Å². The van der Waals surface area contributed by atoms with Crippen LogP contribution in [0.3, 0.4) is 0 Å². The minimum absolute atomic E-state index is 0.115. The van der Waals surface area contributed by atoms with Crippen molar-refractivity contribution in [2.24, 2.45) is 0 Å². The number of pyridine rings is 1. The molecule has 5 rings (SSSR count). The lowest BCUT2D eigenvalue weighted by molar-refractivity contribution is -0.0235. The summed E-state index contributed by atoms with van der Waals surface area (Å²) in [4.78, 5) is 15.9. The number of benzene rings is 1. The molecule has 0 radical (unpaired) electrons. The minimum Gasteiger partial charge on any atom is -0.512 e. The van der Waals surface area contributed by atoms with E-state index in [0.29, 0.717) is 27.7 Å². The largest absolute Gasteiger partial charge is 0.512 e. The van der Waals surface area contributed by atoms with Crippen molar-refractivity contribution in [3.8, 4) is 23.5 Å². The van der Waals surface area contributed by atoms with Gasteiger partial charge in [0.05, 0.1) is 16.2 Å². The Labute approximate surface area is 198 Å². The van der Waals surface area contributed by atoms with E-state index in [1.165, 1.54) is 0 Å². The molecule has 0 aliphatic carbocycles. The van der Waals surface area contributed by atoms with Crippen molar-refractivity contribution in [2.75, 3.05) is 6.61 Å². The second-order valence-electron chi connectivity index (χ2n) is 7.60. The Bertz CT molecular complexity index is 1430. The fourth-order valence-electron chi connectivity index (χ4n) is 3.42. The number of aryl methyl sites for hydroxylation is 1. The van der Waals surface area contributed by atoms with E-state index in [9.17, 15) is 5.11 Å². The van der Waals surface area contributed by atoms with Gasteiger partial charge in [-0.3, -0.25) is 0 Å². The van der Waals surface area contributed by atoms with Crippen LogP contribution in [0.5, 0.6) is 6.01 Å². The molecule has 0 bridgehead atoms. The first-order valence-electron chi connectivity index (χ1n) is 10.4. The quantitative estimate of drug-likeness (QED) is 0.302. The van der Waals surface area contributed by atoms with Gasteiger partial charge < -0.3 is 24.7 Å². The van der Waals surface area contributed by atoms with Gasteiger partial charge >= 0.3 is 0 Å². The number of fused-ring (bicyclic) bond motifs is 1. The second-order valence-corrected chi connectivity index (χ2v) is 8.01. The lowest BCUT2D eigenvalue weighted by atomic mass is 10.1. The maximum Gasteiger partial charge on any atom is 0.296 e. The highest BCUT2D eigenvalue weighted by Gasteiger charge is 2.28. The predicted octanol–water partition coefficient (Wildman–Crippen LogP) is 2.83. The molecule has 4 aromatic rings. The summed E-state index contributed by atoms with van der Waals surface area (Å²) in [5, 5.41) is 23.6. The molecule has 3 aromatic heterocycles. The Hall–Kier alpha value is -4.07. The molecular weight excluding hydrogens is 460 g/mol. The summed E-state index contributed by atoms with van der Waals surface area (Å²) in [7, 11) is 0. The number of rotatable bonds is 3. The maximum atomic E-state index is 9.94. The Kier molecular flexibility index (Phi) is 5.79. The van der Waals surface area contributed by atoms with Crippen LogP contribution in [0.4, 0.5) is 0 Å². The molecule has 1 aromatic carbocycles. The van der Waals surface area contributed by atoms with E-state index in [2.05, 4.69) is 36.9 Å². The molecule has 2 atom stereocenters. The number of H-pyrrole nitrogens is 1. The molecule has 1 saturated heterocycles. The Morgan fingerprint density at radius 3 is 2.79 bits per heavy atom. The third-order valence-electron chi connectivity index (χ3n) is 5.12. The maximum absolute atomic E-state index is 9.94. The predicted molar refractivity (Wildman–Crippen MR) is 123 cm³/mol. The number of halogens is 1. The highest BCUT2D eigenvalue weighted by atomic mass is 35.5. The summed E-state index contributed by atoms with van der Waals surface area (Å²) in [6, 6.07) is 9.47. The van der Waals surface area contributed by atoms with Crippen LogP contribution < -0.4 is 4.74 Å². The number of aliphatic hydroxyl groups is 2. The summed E-state index contributed by atoms with van der Waals surface area (Å²) in [5.41, 5.74) is 3.04. The number of imidazole rings is 1. The van der Waals surface area contributed by atoms with E-state index in [-0.39, 0.29) is 24.8 Å². The normalized spacial score (nSPS) is 19.0. The Balaban J connectivity index is 1.32. The first-order chi connectivity index (χ1) is 16.5. The molecule has 34 heavy (non-hydrogen) atoms. The summed E-state index contributed by atoms with van der Waals surface area (Å²) in [5.74, 6) is 6.86. The van der Waals surface area contributed by atoms with E-state index in [0.717, 1.165) is 17.5 Å². The van der Waals surface area contributed by atoms with Crippen molar-refractivity contribution in [3.63, 3.8) is 0 Å². The van der Waals surface area contributed by atoms with Crippen molar-refractivity contribution in [3.05, 3.63) is 70.8 Å². The molecule has 0 saturated carbocycles. The van der Waals surface area contributed by atoms with Crippen LogP contribution in [-0.2, 0) is 4.74 Å². The van der Waals surface area contributed by atoms with Gasteiger partial charge in [-0.1, -0.05) is 17.5 Å². The fourth-order valence-corrected chi connectivity index (χ4v) is 3.62. The smallest absolute Gasteiger partial charge is 0.296 e. The average molecular weight is 479 g/mol. The average Bonchev–Trinajstić information content (AvgIpc) is 3.43. The summed E-state index contributed by atoms with van der Waals surface area (Å²) in [6.45, 7) is 2.00. The molecule has 1 aliphatic heterocycles. The summed E-state index contributed by atoms with van der Waals surface area (Å²) >= 11 is 6.37. The van der Waals surface area contributed by atoms with Gasteiger partial charge in [0, 0.05) is 12.0 Å². The lowest BCUT2D eigenvalue weighted by Crippen LogP contribution is -2.35. The highest BCUT2D eigenvalue weighted by Crippen LogP contribution is 2.24. The van der Waals surface area contributed by atoms with Crippen LogP contribution in [-0.4, -0.2) is 58.7 Å². The topological polar surface area (TPSA) is 131 Å². The Morgan fingerprint density at radius 1 is 1.26 bits per heavy atom. The van der Waals surface area contributed by atoms with Crippen molar-refractivity contribution >= 4 is 22.8 Å². The first-order valence-corrected chi connectivity index (χ1v) is 10.7. The van der Waals surface area contributed by atoms with Crippen LogP contribution >= 0.6 is 11.6 Å². The van der Waals surface area contributed by atoms with Crippen LogP contribution in [0.2, 0.25) is 5.02 Å². The third kappa shape index (κ3) is 4.52. The third-order valence-corrected chi connectivity index (χ3v) is 5.41. The molecule has 172 valence electrons. The van der Waals surface area contributed by atoms with Gasteiger partial charge in [0.25, 0.3) is 6.01 Å². The zero-order chi connectivity index (χ0) is 23.7. The zero-order valence-electron chi connectivity index (χ0n) is 17.9. The second kappa shape index (κ2) is 9.05. The van der Waals surface area contributed by atoms with Crippen molar-refractivity contribution < 1.29 is 19.7 Å². The highest BCUT2D eigenvalue weighted by molar-refractivity contribution is 6.32. The number of aromatic amines is 1. The van der Waals surface area contributed by atoms with Crippen molar-refractivity contribution in [1.82, 2.24) is 29.7 Å². The molecule has 10 nitrogen and oxygen atoms in total. The molecule has 3 N–H and O–H groups in total. The monoisotopic (exact) mass is 478 g/mol. The number of nitrogens with zero attached hydrogens (tertiary/aromatic N) is 5. The van der Waals surface area contributed by atoms with Gasteiger partial charge in [-0.05, 0) is 43.2 Å². The van der Waals surface area contributed by atoms with Gasteiger partial charge in [-0.15, -0.1) is 0 Å². The van der Waals surface area contributed by atoms with Crippen molar-refractivity contribution in [2.45, 2.75) is 25.6 Å². The van der Waals surface area contributed by atoms with E-state index in [1.807, 2.05) is 31.2 Å². The van der Waals surface area contributed by atoms with Crippen LogP contribution in [0, 0.1) is 18.8 Å². The number of ether oxygens (including phenoxy) is 2. The SMILES string of the molecule is Cc1ncn(-c2ccc(C#Cc3nc4nc(O[C@H]5CO/C(=C\O)[C@@H](O)C5)[nH]c4cc3Cl)cc2)n1. The molecule has 4 heterocycles. The lowest BCUT2D eigenvalue weighted by Gasteiger charge is -2.27. The number of aliphatic hydroxyl groups excluding tert-OH is 2. The molecule has 1 aliphatic rings. The number of nitrogens with one attached hydrogen (secondary N) is 1. The number of hydrogen-bond donors (Lipinski definition) is 3. The number of aromatic nitrogens is 6. The van der Waals surface area contributed by atoms with Gasteiger partial charge in [-0.2, -0.15) is 10.1 Å². The standard InChI is InChI=1S/C23H19ClN6O4/c1-13-25-12-30(29-13)15-5-2-14(3-6-15)4-7-18-17(24)9-19-22(26-18)28-23(27-19)34-16-8-20(32)21(10-31)33-11-16/h2-3,5-6,9-10,12,16,20,31-32H,8,11H2,1H3,(H,26,27,28)/b21-10-/t16-,20+/m1/s1. The molecule has 11 heteroatoms. The van der Waals surface area contributed by atoms with E-state index >= 15 is 0 Å². The van der Waals surface area contributed by atoms with Gasteiger partial charge in [-0.25, -0.2) is 14.6 Å². The number of hydrogen-bond acceptors (Lipinski definition) is 8. The van der Waals surface area contributed by atoms with Gasteiger partial charge in [0.2, 0.25) is 0 Å².